The van der Waals surface area contributed by atoms with Crippen molar-refractivity contribution in [2.75, 3.05) is 26.2 Å². The molecule has 3 rings (SSSR count). The van der Waals surface area contributed by atoms with Crippen LogP contribution in [0, 0.1) is 0 Å². The normalized spacial score (nSPS) is 16.0. The van der Waals surface area contributed by atoms with Crippen molar-refractivity contribution >= 4 is 0 Å². The van der Waals surface area contributed by atoms with Crippen LogP contribution in [0.15, 0.2) is 60.7 Å². The molecule has 1 aliphatic heterocycles. The predicted octanol–water partition coefficient (Wildman–Crippen LogP) is 4.97. The Bertz CT molecular complexity index is 563. The molecule has 2 heteroatoms. The number of nitrogens with zero attached hydrogens (tertiary/aromatic N) is 2. The summed E-state index contributed by atoms with van der Waals surface area (Å²) in [6.07, 6.45) is 4.13. The number of benzene rings is 2. The van der Waals surface area contributed by atoms with Gasteiger partial charge in [0.25, 0.3) is 0 Å². The van der Waals surface area contributed by atoms with Crippen LogP contribution in [-0.4, -0.2) is 42.0 Å². The van der Waals surface area contributed by atoms with Gasteiger partial charge < -0.3 is 4.90 Å². The highest BCUT2D eigenvalue weighted by molar-refractivity contribution is 5.32. The Kier molecular flexibility index (Phi) is 6.66. The third-order valence-electron chi connectivity index (χ3n) is 5.35. The van der Waals surface area contributed by atoms with Gasteiger partial charge in [-0.1, -0.05) is 67.1 Å². The number of hydrogen-bond donors (Lipinski definition) is 0. The Labute approximate surface area is 153 Å². The van der Waals surface area contributed by atoms with Crippen molar-refractivity contribution in [2.24, 2.45) is 0 Å². The quantitative estimate of drug-likeness (QED) is 0.704. The standard InChI is InChI=1S/C23H32N2/c1-20(2)25(19-18-24-16-10-5-11-17-24)23(21-12-6-3-7-13-21)22-14-8-4-9-15-22/h3-4,6-9,12-15,20,23H,5,10-11,16-19H2,1-2H3. The fourth-order valence-electron chi connectivity index (χ4n) is 3.97. The lowest BCUT2D eigenvalue weighted by molar-refractivity contribution is 0.135. The monoisotopic (exact) mass is 336 g/mol. The zero-order valence-electron chi connectivity index (χ0n) is 15.8. The lowest BCUT2D eigenvalue weighted by Gasteiger charge is -2.38. The summed E-state index contributed by atoms with van der Waals surface area (Å²) in [6.45, 7) is 9.49. The molecule has 0 N–H and O–H groups in total. The van der Waals surface area contributed by atoms with Gasteiger partial charge in [-0.2, -0.15) is 0 Å². The molecule has 1 heterocycles. The second kappa shape index (κ2) is 9.17. The van der Waals surface area contributed by atoms with Gasteiger partial charge >= 0.3 is 0 Å². The highest BCUT2D eigenvalue weighted by Crippen LogP contribution is 2.30. The van der Waals surface area contributed by atoms with E-state index in [-0.39, 0.29) is 0 Å². The Morgan fingerprint density at radius 1 is 0.800 bits per heavy atom. The van der Waals surface area contributed by atoms with Crippen LogP contribution in [0.2, 0.25) is 0 Å². The molecule has 0 atom stereocenters. The molecule has 0 spiro atoms. The topological polar surface area (TPSA) is 6.48 Å². The first-order valence-corrected chi connectivity index (χ1v) is 9.83. The summed E-state index contributed by atoms with van der Waals surface area (Å²) in [5.41, 5.74) is 2.78. The summed E-state index contributed by atoms with van der Waals surface area (Å²) in [5, 5.41) is 0. The molecule has 1 aliphatic rings. The SMILES string of the molecule is CC(C)N(CCN1CCCCC1)C(c1ccccc1)c1ccccc1. The molecule has 0 aromatic heterocycles. The largest absolute Gasteiger partial charge is 0.302 e. The maximum atomic E-state index is 2.67. The molecule has 1 fully saturated rings. The summed E-state index contributed by atoms with van der Waals surface area (Å²) in [6, 6.07) is 22.8. The third-order valence-corrected chi connectivity index (χ3v) is 5.35. The van der Waals surface area contributed by atoms with Gasteiger partial charge in [0.05, 0.1) is 6.04 Å². The molecule has 0 bridgehead atoms. The lowest BCUT2D eigenvalue weighted by atomic mass is 9.96. The average Bonchev–Trinajstić information content (AvgIpc) is 2.67. The first-order valence-electron chi connectivity index (χ1n) is 9.83. The molecule has 2 nitrogen and oxygen atoms in total. The second-order valence-electron chi connectivity index (χ2n) is 7.46. The van der Waals surface area contributed by atoms with Crippen molar-refractivity contribution in [3.8, 4) is 0 Å². The predicted molar refractivity (Wildman–Crippen MR) is 107 cm³/mol. The van der Waals surface area contributed by atoms with Crippen LogP contribution in [0.3, 0.4) is 0 Å². The number of likely N-dealkylation sites (tertiary alicyclic amines) is 1. The van der Waals surface area contributed by atoms with E-state index in [1.54, 1.807) is 0 Å². The van der Waals surface area contributed by atoms with E-state index in [0.29, 0.717) is 12.1 Å². The van der Waals surface area contributed by atoms with E-state index < -0.39 is 0 Å². The first kappa shape index (κ1) is 18.2. The van der Waals surface area contributed by atoms with Crippen molar-refractivity contribution < 1.29 is 0 Å². The van der Waals surface area contributed by atoms with E-state index in [1.807, 2.05) is 0 Å². The van der Waals surface area contributed by atoms with Crippen LogP contribution in [0.4, 0.5) is 0 Å². The summed E-state index contributed by atoms with van der Waals surface area (Å²) in [5.74, 6) is 0. The van der Waals surface area contributed by atoms with Gasteiger partial charge in [0.2, 0.25) is 0 Å². The van der Waals surface area contributed by atoms with Gasteiger partial charge in [-0.3, -0.25) is 4.90 Å². The van der Waals surface area contributed by atoms with Crippen LogP contribution >= 0.6 is 0 Å². The van der Waals surface area contributed by atoms with Gasteiger partial charge in [0, 0.05) is 19.1 Å². The van der Waals surface area contributed by atoms with E-state index in [0.717, 1.165) is 6.54 Å². The fraction of sp³-hybridized carbons (Fsp3) is 0.478. The molecular weight excluding hydrogens is 304 g/mol. The van der Waals surface area contributed by atoms with E-state index >= 15 is 0 Å². The maximum absolute atomic E-state index is 2.67. The second-order valence-corrected chi connectivity index (χ2v) is 7.46. The number of piperidine rings is 1. The molecule has 2 aromatic carbocycles. The van der Waals surface area contributed by atoms with Gasteiger partial charge in [-0.05, 0) is 50.9 Å². The molecule has 0 unspecified atom stereocenters. The molecule has 0 amide bonds. The highest BCUT2D eigenvalue weighted by atomic mass is 15.2. The Morgan fingerprint density at radius 2 is 1.32 bits per heavy atom. The van der Waals surface area contributed by atoms with Crippen molar-refractivity contribution in [1.82, 2.24) is 9.80 Å². The fourth-order valence-corrected chi connectivity index (χ4v) is 3.97. The molecule has 0 aliphatic carbocycles. The van der Waals surface area contributed by atoms with E-state index in [2.05, 4.69) is 84.3 Å². The highest BCUT2D eigenvalue weighted by Gasteiger charge is 2.25. The van der Waals surface area contributed by atoms with Crippen LogP contribution in [0.1, 0.15) is 50.3 Å². The van der Waals surface area contributed by atoms with Crippen molar-refractivity contribution in [1.29, 1.82) is 0 Å². The molecule has 0 saturated carbocycles. The summed E-state index contributed by atoms with van der Waals surface area (Å²) < 4.78 is 0. The summed E-state index contributed by atoms with van der Waals surface area (Å²) in [7, 11) is 0. The molecule has 0 radical (unpaired) electrons. The van der Waals surface area contributed by atoms with Crippen molar-refractivity contribution in [3.05, 3.63) is 71.8 Å². The van der Waals surface area contributed by atoms with Crippen molar-refractivity contribution in [2.45, 2.75) is 45.2 Å². The minimum atomic E-state index is 0.326. The molecule has 2 aromatic rings. The number of hydrogen-bond acceptors (Lipinski definition) is 2. The Hall–Kier alpha value is -1.64. The minimum Gasteiger partial charge on any atom is -0.302 e. The van der Waals surface area contributed by atoms with Gasteiger partial charge in [-0.25, -0.2) is 0 Å². The number of rotatable bonds is 7. The first-order chi connectivity index (χ1) is 12.3. The molecule has 1 saturated heterocycles. The van der Waals surface area contributed by atoms with Crippen LogP contribution in [0.5, 0.6) is 0 Å². The summed E-state index contributed by atoms with van der Waals surface area (Å²) in [4.78, 5) is 5.31. The van der Waals surface area contributed by atoms with E-state index in [9.17, 15) is 0 Å². The maximum Gasteiger partial charge on any atom is 0.0604 e. The lowest BCUT2D eigenvalue weighted by Crippen LogP contribution is -2.42. The van der Waals surface area contributed by atoms with Crippen LogP contribution < -0.4 is 0 Å². The van der Waals surface area contributed by atoms with Crippen LogP contribution in [0.25, 0.3) is 0 Å². The zero-order chi connectivity index (χ0) is 17.5. The average molecular weight is 337 g/mol. The van der Waals surface area contributed by atoms with Crippen LogP contribution in [-0.2, 0) is 0 Å². The van der Waals surface area contributed by atoms with Gasteiger partial charge in [0.1, 0.15) is 0 Å². The van der Waals surface area contributed by atoms with Crippen molar-refractivity contribution in [3.63, 3.8) is 0 Å². The Balaban J connectivity index is 1.82. The Morgan fingerprint density at radius 3 is 1.80 bits per heavy atom. The smallest absolute Gasteiger partial charge is 0.0604 e. The minimum absolute atomic E-state index is 0.326. The molecule has 134 valence electrons. The van der Waals surface area contributed by atoms with Gasteiger partial charge in [0.15, 0.2) is 0 Å². The van der Waals surface area contributed by atoms with Gasteiger partial charge in [-0.15, -0.1) is 0 Å². The molecule has 25 heavy (non-hydrogen) atoms. The zero-order valence-corrected chi connectivity index (χ0v) is 15.8. The molecular formula is C23H32N2. The van der Waals surface area contributed by atoms with E-state index in [4.69, 9.17) is 0 Å². The summed E-state index contributed by atoms with van der Waals surface area (Å²) >= 11 is 0. The third kappa shape index (κ3) is 4.93. The van der Waals surface area contributed by atoms with E-state index in [1.165, 1.54) is 50.0 Å².